The van der Waals surface area contributed by atoms with Crippen LogP contribution in [-0.2, 0) is 0 Å². The van der Waals surface area contributed by atoms with Gasteiger partial charge in [-0.1, -0.05) is 18.5 Å². The molecule has 0 saturated carbocycles. The molecule has 2 heterocycles. The molecule has 0 fully saturated rings. The lowest BCUT2D eigenvalue weighted by atomic mass is 10.4. The summed E-state index contributed by atoms with van der Waals surface area (Å²) in [6, 6.07) is 3.99. The number of halogens is 1. The molecule has 18 heavy (non-hydrogen) atoms. The summed E-state index contributed by atoms with van der Waals surface area (Å²) < 4.78 is 5.77. The van der Waals surface area contributed by atoms with E-state index in [4.69, 9.17) is 16.3 Å². The van der Waals surface area contributed by atoms with E-state index in [1.54, 1.807) is 0 Å². The molecule has 0 aliphatic carbocycles. The topological polar surface area (TPSA) is 59.9 Å². The van der Waals surface area contributed by atoms with Gasteiger partial charge in [0.05, 0.1) is 16.3 Å². The quantitative estimate of drug-likeness (QED) is 0.914. The first-order valence-corrected chi connectivity index (χ1v) is 6.72. The Balaban J connectivity index is 2.34. The second-order valence-corrected chi connectivity index (χ2v) is 5.21. The van der Waals surface area contributed by atoms with Crippen LogP contribution >= 0.6 is 22.9 Å². The molecule has 2 rings (SSSR count). The van der Waals surface area contributed by atoms with Crippen LogP contribution in [0.15, 0.2) is 12.1 Å². The van der Waals surface area contributed by atoms with E-state index in [1.807, 2.05) is 12.1 Å². The van der Waals surface area contributed by atoms with Gasteiger partial charge in [0, 0.05) is 6.54 Å². The fourth-order valence-corrected chi connectivity index (χ4v) is 2.29. The first-order valence-electron chi connectivity index (χ1n) is 5.52. The third kappa shape index (κ3) is 3.08. The molecule has 0 aliphatic rings. The van der Waals surface area contributed by atoms with Crippen molar-refractivity contribution in [3.8, 4) is 16.7 Å². The number of aromatic nitrogens is 3. The summed E-state index contributed by atoms with van der Waals surface area (Å²) in [6.45, 7) is 2.88. The fraction of sp³-hybridized carbons (Fsp3) is 0.364. The molecular weight excluding hydrogens is 272 g/mol. The summed E-state index contributed by atoms with van der Waals surface area (Å²) >= 11 is 7.33. The Bertz CT molecular complexity index is 532. The molecule has 5 nitrogen and oxygen atoms in total. The largest absolute Gasteiger partial charge is 0.467 e. The van der Waals surface area contributed by atoms with Crippen LogP contribution in [0.4, 0.5) is 5.95 Å². The number of nitrogens with zero attached hydrogens (tertiary/aromatic N) is 3. The zero-order valence-electron chi connectivity index (χ0n) is 10.1. The van der Waals surface area contributed by atoms with Crippen molar-refractivity contribution in [3.63, 3.8) is 0 Å². The minimum absolute atomic E-state index is 0.295. The van der Waals surface area contributed by atoms with Crippen LogP contribution in [0.5, 0.6) is 6.01 Å². The highest BCUT2D eigenvalue weighted by Crippen LogP contribution is 2.29. The second kappa shape index (κ2) is 5.97. The SMILES string of the molecule is CCCNc1nc(OC)nc(-c2ccc(Cl)s2)n1. The van der Waals surface area contributed by atoms with E-state index in [9.17, 15) is 0 Å². The van der Waals surface area contributed by atoms with Gasteiger partial charge in [-0.05, 0) is 18.6 Å². The number of methoxy groups -OCH3 is 1. The fourth-order valence-electron chi connectivity index (χ4n) is 1.31. The molecule has 0 aromatic carbocycles. The summed E-state index contributed by atoms with van der Waals surface area (Å²) in [7, 11) is 1.53. The maximum atomic E-state index is 5.91. The van der Waals surface area contributed by atoms with E-state index < -0.39 is 0 Å². The molecule has 1 N–H and O–H groups in total. The predicted octanol–water partition coefficient (Wildman–Crippen LogP) is 3.08. The average Bonchev–Trinajstić information content (AvgIpc) is 2.82. The maximum Gasteiger partial charge on any atom is 0.321 e. The molecule has 0 unspecified atom stereocenters. The molecule has 0 bridgehead atoms. The third-order valence-electron chi connectivity index (χ3n) is 2.12. The zero-order valence-corrected chi connectivity index (χ0v) is 11.7. The van der Waals surface area contributed by atoms with Crippen molar-refractivity contribution in [2.75, 3.05) is 19.0 Å². The molecule has 7 heteroatoms. The van der Waals surface area contributed by atoms with Gasteiger partial charge in [-0.25, -0.2) is 0 Å². The Morgan fingerprint density at radius 1 is 1.33 bits per heavy atom. The van der Waals surface area contributed by atoms with Crippen LogP contribution in [0.25, 0.3) is 10.7 Å². The number of nitrogens with one attached hydrogen (secondary N) is 1. The van der Waals surface area contributed by atoms with Crippen molar-refractivity contribution in [2.45, 2.75) is 13.3 Å². The summed E-state index contributed by atoms with van der Waals surface area (Å²) in [5.41, 5.74) is 0. The van der Waals surface area contributed by atoms with Gasteiger partial charge in [0.25, 0.3) is 0 Å². The number of anilines is 1. The van der Waals surface area contributed by atoms with Crippen LogP contribution in [0.2, 0.25) is 4.34 Å². The van der Waals surface area contributed by atoms with E-state index in [0.29, 0.717) is 22.1 Å². The Labute approximate surface area is 114 Å². The van der Waals surface area contributed by atoms with Gasteiger partial charge >= 0.3 is 6.01 Å². The third-order valence-corrected chi connectivity index (χ3v) is 3.35. The molecule has 0 radical (unpaired) electrons. The highest BCUT2D eigenvalue weighted by atomic mass is 35.5. The zero-order chi connectivity index (χ0) is 13.0. The molecular formula is C11H13ClN4OS. The molecule has 0 aliphatic heterocycles. The monoisotopic (exact) mass is 284 g/mol. The van der Waals surface area contributed by atoms with E-state index >= 15 is 0 Å². The van der Waals surface area contributed by atoms with Crippen LogP contribution in [0, 0.1) is 0 Å². The standard InChI is InChI=1S/C11H13ClN4OS/c1-3-6-13-10-14-9(15-11(16-10)17-2)7-4-5-8(12)18-7/h4-5H,3,6H2,1-2H3,(H,13,14,15,16). The van der Waals surface area contributed by atoms with Gasteiger partial charge < -0.3 is 10.1 Å². The average molecular weight is 285 g/mol. The van der Waals surface area contributed by atoms with E-state index in [0.717, 1.165) is 17.8 Å². The number of hydrogen-bond donors (Lipinski definition) is 1. The van der Waals surface area contributed by atoms with Gasteiger partial charge in [-0.2, -0.15) is 15.0 Å². The van der Waals surface area contributed by atoms with Gasteiger partial charge in [0.1, 0.15) is 0 Å². The van der Waals surface area contributed by atoms with E-state index in [1.165, 1.54) is 18.4 Å². The molecule has 0 atom stereocenters. The van der Waals surface area contributed by atoms with Crippen molar-refractivity contribution in [3.05, 3.63) is 16.5 Å². The Hall–Kier alpha value is -1.40. The van der Waals surface area contributed by atoms with Crippen molar-refractivity contribution in [2.24, 2.45) is 0 Å². The van der Waals surface area contributed by atoms with Crippen molar-refractivity contribution >= 4 is 28.9 Å². The lowest BCUT2D eigenvalue weighted by molar-refractivity contribution is 0.379. The highest BCUT2D eigenvalue weighted by molar-refractivity contribution is 7.19. The van der Waals surface area contributed by atoms with Gasteiger partial charge in [-0.3, -0.25) is 0 Å². The van der Waals surface area contributed by atoms with Gasteiger partial charge in [0.2, 0.25) is 5.95 Å². The van der Waals surface area contributed by atoms with Crippen molar-refractivity contribution in [1.82, 2.24) is 15.0 Å². The molecule has 96 valence electrons. The molecule has 0 amide bonds. The second-order valence-electron chi connectivity index (χ2n) is 3.50. The highest BCUT2D eigenvalue weighted by Gasteiger charge is 2.10. The minimum Gasteiger partial charge on any atom is -0.467 e. The van der Waals surface area contributed by atoms with Crippen molar-refractivity contribution in [1.29, 1.82) is 0 Å². The Morgan fingerprint density at radius 3 is 2.78 bits per heavy atom. The number of hydrogen-bond acceptors (Lipinski definition) is 6. The Kier molecular flexibility index (Phi) is 4.33. The summed E-state index contributed by atoms with van der Waals surface area (Å²) in [5.74, 6) is 1.08. The van der Waals surface area contributed by atoms with E-state index in [-0.39, 0.29) is 0 Å². The minimum atomic E-state index is 0.295. The summed E-state index contributed by atoms with van der Waals surface area (Å²) in [6.07, 6.45) is 0.994. The Morgan fingerprint density at radius 2 is 2.17 bits per heavy atom. The maximum absolute atomic E-state index is 5.91. The lowest BCUT2D eigenvalue weighted by Gasteiger charge is -2.06. The van der Waals surface area contributed by atoms with E-state index in [2.05, 4.69) is 27.2 Å². The van der Waals surface area contributed by atoms with Crippen LogP contribution in [0.1, 0.15) is 13.3 Å². The normalized spacial score (nSPS) is 10.4. The van der Waals surface area contributed by atoms with Crippen LogP contribution in [-0.4, -0.2) is 28.6 Å². The number of rotatable bonds is 5. The number of thiophene rings is 1. The first kappa shape index (κ1) is 13.0. The smallest absolute Gasteiger partial charge is 0.321 e. The van der Waals surface area contributed by atoms with Crippen LogP contribution < -0.4 is 10.1 Å². The van der Waals surface area contributed by atoms with Gasteiger partial charge in [0.15, 0.2) is 5.82 Å². The molecule has 0 saturated heterocycles. The van der Waals surface area contributed by atoms with Crippen molar-refractivity contribution < 1.29 is 4.74 Å². The molecule has 0 spiro atoms. The molecule has 2 aromatic heterocycles. The van der Waals surface area contributed by atoms with Crippen LogP contribution in [0.3, 0.4) is 0 Å². The first-order chi connectivity index (χ1) is 8.72. The summed E-state index contributed by atoms with van der Waals surface area (Å²) in [5, 5.41) is 3.12. The predicted molar refractivity (Wildman–Crippen MR) is 73.5 cm³/mol. The van der Waals surface area contributed by atoms with Gasteiger partial charge in [-0.15, -0.1) is 11.3 Å². The molecule has 2 aromatic rings. The summed E-state index contributed by atoms with van der Waals surface area (Å²) in [4.78, 5) is 13.6. The number of ether oxygens (including phenoxy) is 1. The lowest BCUT2D eigenvalue weighted by Crippen LogP contribution is -2.07.